The molecule has 18 heavy (non-hydrogen) atoms. The van der Waals surface area contributed by atoms with Crippen LogP contribution in [-0.4, -0.2) is 4.98 Å². The van der Waals surface area contributed by atoms with Gasteiger partial charge < -0.3 is 0 Å². The minimum Gasteiger partial charge on any atom is -0.241 e. The highest BCUT2D eigenvalue weighted by atomic mass is 35.5. The molecule has 2 nitrogen and oxygen atoms in total. The van der Waals surface area contributed by atoms with E-state index in [4.69, 9.17) is 16.9 Å². The fraction of sp³-hybridized carbons (Fsp3) is 0.286. The predicted octanol–water partition coefficient (Wildman–Crippen LogP) is 4.48. The first-order valence-corrected chi connectivity index (χ1v) is 7.05. The molecule has 0 aliphatic heterocycles. The van der Waals surface area contributed by atoms with Crippen LogP contribution >= 0.6 is 22.9 Å². The number of hydrogen-bond donors (Lipinski definition) is 0. The topological polar surface area (TPSA) is 36.7 Å². The van der Waals surface area contributed by atoms with Crippen LogP contribution < -0.4 is 0 Å². The van der Waals surface area contributed by atoms with Gasteiger partial charge in [-0.1, -0.05) is 37.1 Å². The van der Waals surface area contributed by atoms with Crippen LogP contribution in [0.5, 0.6) is 0 Å². The second kappa shape index (κ2) is 5.99. The van der Waals surface area contributed by atoms with Gasteiger partial charge >= 0.3 is 0 Å². The van der Waals surface area contributed by atoms with Crippen molar-refractivity contribution in [2.24, 2.45) is 0 Å². The molecule has 0 saturated heterocycles. The Morgan fingerprint density at radius 1 is 1.33 bits per heavy atom. The number of nitriles is 1. The predicted molar refractivity (Wildman–Crippen MR) is 75.9 cm³/mol. The molecule has 2 rings (SSSR count). The van der Waals surface area contributed by atoms with Crippen LogP contribution in [0, 0.1) is 11.3 Å². The van der Waals surface area contributed by atoms with Crippen molar-refractivity contribution in [2.45, 2.75) is 26.2 Å². The summed E-state index contributed by atoms with van der Waals surface area (Å²) in [5.74, 6) is 0. The zero-order chi connectivity index (χ0) is 13.0. The second-order valence-electron chi connectivity index (χ2n) is 3.98. The fourth-order valence-electron chi connectivity index (χ4n) is 1.74. The van der Waals surface area contributed by atoms with Crippen molar-refractivity contribution in [3.63, 3.8) is 0 Å². The van der Waals surface area contributed by atoms with Gasteiger partial charge in [0.1, 0.15) is 5.01 Å². The van der Waals surface area contributed by atoms with Gasteiger partial charge in [0.25, 0.3) is 0 Å². The van der Waals surface area contributed by atoms with Gasteiger partial charge in [0.15, 0.2) is 0 Å². The Morgan fingerprint density at radius 2 is 2.06 bits per heavy atom. The maximum atomic E-state index is 8.84. The molecule has 0 N–H and O–H groups in total. The smallest absolute Gasteiger partial charge is 0.123 e. The lowest BCUT2D eigenvalue weighted by molar-refractivity contribution is 0.881. The largest absolute Gasteiger partial charge is 0.241 e. The van der Waals surface area contributed by atoms with Gasteiger partial charge in [-0.05, 0) is 18.6 Å². The van der Waals surface area contributed by atoms with E-state index >= 15 is 0 Å². The average molecular weight is 277 g/mol. The highest BCUT2D eigenvalue weighted by Gasteiger charge is 2.11. The molecule has 92 valence electrons. The normalized spacial score (nSPS) is 10.3. The van der Waals surface area contributed by atoms with E-state index in [1.807, 2.05) is 24.3 Å². The molecular weight excluding hydrogens is 264 g/mol. The summed E-state index contributed by atoms with van der Waals surface area (Å²) < 4.78 is 0. The van der Waals surface area contributed by atoms with Crippen LogP contribution in [0.4, 0.5) is 0 Å². The van der Waals surface area contributed by atoms with Gasteiger partial charge in [0.2, 0.25) is 0 Å². The van der Waals surface area contributed by atoms with Crippen LogP contribution in [-0.2, 0) is 12.8 Å². The van der Waals surface area contributed by atoms with E-state index in [0.29, 0.717) is 6.42 Å². The number of nitrogens with zero attached hydrogens (tertiary/aromatic N) is 2. The van der Waals surface area contributed by atoms with Crippen LogP contribution in [0.15, 0.2) is 24.3 Å². The molecule has 1 heterocycles. The van der Waals surface area contributed by atoms with Gasteiger partial charge in [-0.3, -0.25) is 0 Å². The Kier molecular flexibility index (Phi) is 4.35. The van der Waals surface area contributed by atoms with Crippen molar-refractivity contribution in [3.05, 3.63) is 39.9 Å². The second-order valence-corrected chi connectivity index (χ2v) is 5.50. The SMILES string of the molecule is CCCc1nc(-c2ccc(Cl)cc2)sc1CC#N. The molecule has 1 aromatic heterocycles. The van der Waals surface area contributed by atoms with Gasteiger partial charge in [-0.25, -0.2) is 4.98 Å². The maximum Gasteiger partial charge on any atom is 0.123 e. The first-order chi connectivity index (χ1) is 8.74. The Labute approximate surface area is 116 Å². The maximum absolute atomic E-state index is 8.84. The minimum atomic E-state index is 0.445. The molecule has 0 radical (unpaired) electrons. The fourth-order valence-corrected chi connectivity index (χ4v) is 2.91. The molecule has 0 unspecified atom stereocenters. The molecule has 0 amide bonds. The number of aromatic nitrogens is 1. The molecule has 0 aliphatic rings. The van der Waals surface area contributed by atoms with E-state index in [2.05, 4.69) is 18.0 Å². The van der Waals surface area contributed by atoms with E-state index in [0.717, 1.165) is 39.0 Å². The number of aryl methyl sites for hydroxylation is 1. The van der Waals surface area contributed by atoms with E-state index in [-0.39, 0.29) is 0 Å². The van der Waals surface area contributed by atoms with Crippen molar-refractivity contribution >= 4 is 22.9 Å². The summed E-state index contributed by atoms with van der Waals surface area (Å²) in [5, 5.41) is 10.5. The Balaban J connectivity index is 2.36. The third-order valence-corrected chi connectivity index (χ3v) is 3.99. The first-order valence-electron chi connectivity index (χ1n) is 5.86. The highest BCUT2D eigenvalue weighted by Crippen LogP contribution is 2.29. The van der Waals surface area contributed by atoms with Crippen molar-refractivity contribution < 1.29 is 0 Å². The van der Waals surface area contributed by atoms with Crippen LogP contribution in [0.25, 0.3) is 10.6 Å². The monoisotopic (exact) mass is 276 g/mol. The Morgan fingerprint density at radius 3 is 2.67 bits per heavy atom. The van der Waals surface area contributed by atoms with E-state index in [1.165, 1.54) is 0 Å². The molecule has 4 heteroatoms. The standard InChI is InChI=1S/C14H13ClN2S/c1-2-3-12-13(8-9-16)18-14(17-12)10-4-6-11(15)7-5-10/h4-7H,2-3,8H2,1H3. The molecular formula is C14H13ClN2S. The lowest BCUT2D eigenvalue weighted by Crippen LogP contribution is -1.89. The summed E-state index contributed by atoms with van der Waals surface area (Å²) in [5.41, 5.74) is 2.12. The molecule has 0 spiro atoms. The van der Waals surface area contributed by atoms with Crippen molar-refractivity contribution in [1.29, 1.82) is 5.26 Å². The van der Waals surface area contributed by atoms with Gasteiger partial charge in [-0.15, -0.1) is 11.3 Å². The summed E-state index contributed by atoms with van der Waals surface area (Å²) >= 11 is 7.48. The molecule has 0 atom stereocenters. The van der Waals surface area contributed by atoms with Gasteiger partial charge in [0, 0.05) is 15.5 Å². The molecule has 0 fully saturated rings. The first kappa shape index (κ1) is 13.1. The van der Waals surface area contributed by atoms with E-state index in [1.54, 1.807) is 11.3 Å². The van der Waals surface area contributed by atoms with Gasteiger partial charge in [-0.2, -0.15) is 5.26 Å². The van der Waals surface area contributed by atoms with E-state index in [9.17, 15) is 0 Å². The quantitative estimate of drug-likeness (QED) is 0.825. The summed E-state index contributed by atoms with van der Waals surface area (Å²) in [6.07, 6.45) is 2.42. The highest BCUT2D eigenvalue weighted by molar-refractivity contribution is 7.15. The Bertz CT molecular complexity index is 566. The molecule has 1 aromatic carbocycles. The van der Waals surface area contributed by atoms with Crippen LogP contribution in [0.3, 0.4) is 0 Å². The number of hydrogen-bond acceptors (Lipinski definition) is 3. The molecule has 2 aromatic rings. The Hall–Kier alpha value is -1.37. The van der Waals surface area contributed by atoms with E-state index < -0.39 is 0 Å². The molecule has 0 saturated carbocycles. The van der Waals surface area contributed by atoms with Crippen LogP contribution in [0.1, 0.15) is 23.9 Å². The third-order valence-electron chi connectivity index (χ3n) is 2.60. The summed E-state index contributed by atoms with van der Waals surface area (Å²) in [6, 6.07) is 9.86. The summed E-state index contributed by atoms with van der Waals surface area (Å²) in [6.45, 7) is 2.12. The summed E-state index contributed by atoms with van der Waals surface area (Å²) in [7, 11) is 0. The van der Waals surface area contributed by atoms with Crippen molar-refractivity contribution in [1.82, 2.24) is 4.98 Å². The molecule has 0 bridgehead atoms. The number of benzene rings is 1. The zero-order valence-electron chi connectivity index (χ0n) is 10.1. The van der Waals surface area contributed by atoms with Crippen LogP contribution in [0.2, 0.25) is 5.02 Å². The van der Waals surface area contributed by atoms with Crippen molar-refractivity contribution in [3.8, 4) is 16.6 Å². The molecule has 0 aliphatic carbocycles. The zero-order valence-corrected chi connectivity index (χ0v) is 11.7. The lowest BCUT2D eigenvalue weighted by Gasteiger charge is -1.95. The van der Waals surface area contributed by atoms with Crippen molar-refractivity contribution in [2.75, 3.05) is 0 Å². The minimum absolute atomic E-state index is 0.445. The number of thiazole rings is 1. The summed E-state index contributed by atoms with van der Waals surface area (Å²) in [4.78, 5) is 5.73. The third kappa shape index (κ3) is 2.90. The van der Waals surface area contributed by atoms with Gasteiger partial charge in [0.05, 0.1) is 18.2 Å². The number of rotatable bonds is 4. The number of halogens is 1. The average Bonchev–Trinajstić information content (AvgIpc) is 2.75. The lowest BCUT2D eigenvalue weighted by atomic mass is 10.2.